The minimum atomic E-state index is -4.48. The Morgan fingerprint density at radius 1 is 1.08 bits per heavy atom. The molecule has 134 valence electrons. The maximum atomic E-state index is 13.0. The highest BCUT2D eigenvalue weighted by Crippen LogP contribution is 2.31. The third-order valence-electron chi connectivity index (χ3n) is 3.88. The smallest absolute Gasteiger partial charge is 0.267 e. The van der Waals surface area contributed by atoms with E-state index in [2.05, 4.69) is 5.10 Å². The van der Waals surface area contributed by atoms with Gasteiger partial charge in [-0.15, -0.1) is 0 Å². The zero-order chi connectivity index (χ0) is 18.9. The number of aryl methyl sites for hydroxylation is 1. The molecule has 0 fully saturated rings. The fourth-order valence-electron chi connectivity index (χ4n) is 2.64. The molecule has 1 heterocycles. The van der Waals surface area contributed by atoms with Gasteiger partial charge in [-0.05, 0) is 42.3 Å². The van der Waals surface area contributed by atoms with E-state index in [1.165, 1.54) is 22.9 Å². The van der Waals surface area contributed by atoms with Crippen molar-refractivity contribution < 1.29 is 13.2 Å². The van der Waals surface area contributed by atoms with Gasteiger partial charge in [-0.25, -0.2) is 4.68 Å². The highest BCUT2D eigenvalue weighted by Gasteiger charge is 2.30. The summed E-state index contributed by atoms with van der Waals surface area (Å²) in [4.78, 5) is 12.8. The topological polar surface area (TPSA) is 34.9 Å². The second kappa shape index (κ2) is 6.96. The molecule has 0 saturated carbocycles. The molecule has 0 aliphatic rings. The van der Waals surface area contributed by atoms with Gasteiger partial charge in [0, 0.05) is 5.02 Å². The maximum absolute atomic E-state index is 13.0. The fourth-order valence-corrected chi connectivity index (χ4v) is 2.83. The molecule has 0 spiro atoms. The lowest BCUT2D eigenvalue weighted by Crippen LogP contribution is -2.26. The average molecular weight is 379 g/mol. The Labute approximate surface area is 152 Å². The van der Waals surface area contributed by atoms with Gasteiger partial charge in [0.1, 0.15) is 0 Å². The Morgan fingerprint density at radius 2 is 1.81 bits per heavy atom. The van der Waals surface area contributed by atoms with E-state index in [-0.39, 0.29) is 17.7 Å². The summed E-state index contributed by atoms with van der Waals surface area (Å²) < 4.78 is 40.1. The molecule has 0 amide bonds. The normalized spacial score (nSPS) is 11.6. The van der Waals surface area contributed by atoms with Gasteiger partial charge in [-0.3, -0.25) is 4.79 Å². The largest absolute Gasteiger partial charge is 0.416 e. The van der Waals surface area contributed by atoms with E-state index in [0.29, 0.717) is 16.3 Å². The van der Waals surface area contributed by atoms with Crippen molar-refractivity contribution in [1.29, 1.82) is 0 Å². The van der Waals surface area contributed by atoms with E-state index in [4.69, 9.17) is 11.6 Å². The quantitative estimate of drug-likeness (QED) is 0.647. The lowest BCUT2D eigenvalue weighted by Gasteiger charge is -2.12. The summed E-state index contributed by atoms with van der Waals surface area (Å²) in [5, 5.41) is 4.68. The second-order valence-electron chi connectivity index (χ2n) is 5.83. The van der Waals surface area contributed by atoms with Crippen molar-refractivity contribution in [2.75, 3.05) is 0 Å². The molecule has 0 aliphatic heterocycles. The highest BCUT2D eigenvalue weighted by molar-refractivity contribution is 6.31. The molecule has 1 aromatic heterocycles. The first-order valence-electron chi connectivity index (χ1n) is 7.75. The lowest BCUT2D eigenvalue weighted by atomic mass is 10.0. The standard InChI is InChI=1S/C19H14ClF3N2O/c1-12-9-16(13-6-4-7-15(10-13)19(21,22)23)18(26)25(24-12)11-14-5-2-3-8-17(14)20/h2-10H,11H2,1H3. The predicted octanol–water partition coefficient (Wildman–Crippen LogP) is 4.94. The predicted molar refractivity (Wildman–Crippen MR) is 94.2 cm³/mol. The van der Waals surface area contributed by atoms with Crippen molar-refractivity contribution in [3.05, 3.63) is 86.8 Å². The van der Waals surface area contributed by atoms with Gasteiger partial charge in [0.05, 0.1) is 23.4 Å². The minimum absolute atomic E-state index is 0.131. The van der Waals surface area contributed by atoms with Crippen LogP contribution in [0.3, 0.4) is 0 Å². The first kappa shape index (κ1) is 18.2. The number of nitrogens with zero attached hydrogens (tertiary/aromatic N) is 2. The van der Waals surface area contributed by atoms with E-state index in [0.717, 1.165) is 12.1 Å². The zero-order valence-electron chi connectivity index (χ0n) is 13.7. The van der Waals surface area contributed by atoms with E-state index in [1.54, 1.807) is 31.2 Å². The van der Waals surface area contributed by atoms with Crippen molar-refractivity contribution in [3.63, 3.8) is 0 Å². The lowest BCUT2D eigenvalue weighted by molar-refractivity contribution is -0.137. The van der Waals surface area contributed by atoms with Crippen LogP contribution in [0.2, 0.25) is 5.02 Å². The van der Waals surface area contributed by atoms with E-state index in [1.807, 2.05) is 0 Å². The number of hydrogen-bond donors (Lipinski definition) is 0. The van der Waals surface area contributed by atoms with Crippen LogP contribution in [0.1, 0.15) is 16.8 Å². The highest BCUT2D eigenvalue weighted by atomic mass is 35.5. The minimum Gasteiger partial charge on any atom is -0.267 e. The molecule has 0 bridgehead atoms. The Hall–Kier alpha value is -2.60. The molecule has 0 saturated heterocycles. The molecule has 0 radical (unpaired) electrons. The van der Waals surface area contributed by atoms with Crippen molar-refractivity contribution in [2.24, 2.45) is 0 Å². The maximum Gasteiger partial charge on any atom is 0.416 e. The Bertz CT molecular complexity index is 1010. The van der Waals surface area contributed by atoms with Gasteiger partial charge in [-0.1, -0.05) is 41.9 Å². The van der Waals surface area contributed by atoms with Gasteiger partial charge in [0.15, 0.2) is 0 Å². The average Bonchev–Trinajstić information content (AvgIpc) is 2.59. The second-order valence-corrected chi connectivity index (χ2v) is 6.24. The van der Waals surface area contributed by atoms with Gasteiger partial charge < -0.3 is 0 Å². The number of alkyl halides is 3. The third-order valence-corrected chi connectivity index (χ3v) is 4.24. The summed E-state index contributed by atoms with van der Waals surface area (Å²) in [7, 11) is 0. The summed E-state index contributed by atoms with van der Waals surface area (Å²) >= 11 is 6.13. The summed E-state index contributed by atoms with van der Waals surface area (Å²) in [6.07, 6.45) is -4.48. The van der Waals surface area contributed by atoms with Crippen molar-refractivity contribution in [2.45, 2.75) is 19.6 Å². The van der Waals surface area contributed by atoms with E-state index < -0.39 is 17.3 Å². The number of benzene rings is 2. The molecule has 2 aromatic carbocycles. The van der Waals surface area contributed by atoms with E-state index >= 15 is 0 Å². The van der Waals surface area contributed by atoms with Crippen molar-refractivity contribution >= 4 is 11.6 Å². The van der Waals surface area contributed by atoms with Crippen LogP contribution >= 0.6 is 11.6 Å². The van der Waals surface area contributed by atoms with Crippen LogP contribution in [0, 0.1) is 6.92 Å². The Balaban J connectivity index is 2.09. The van der Waals surface area contributed by atoms with Crippen LogP contribution in [-0.2, 0) is 12.7 Å². The van der Waals surface area contributed by atoms with Crippen LogP contribution in [0.5, 0.6) is 0 Å². The Morgan fingerprint density at radius 3 is 2.50 bits per heavy atom. The molecule has 3 aromatic rings. The van der Waals surface area contributed by atoms with Crippen LogP contribution < -0.4 is 5.56 Å². The van der Waals surface area contributed by atoms with Crippen molar-refractivity contribution in [1.82, 2.24) is 9.78 Å². The zero-order valence-corrected chi connectivity index (χ0v) is 14.5. The summed E-state index contributed by atoms with van der Waals surface area (Å²) in [5.41, 5.74) is 0.295. The third kappa shape index (κ3) is 3.80. The van der Waals surface area contributed by atoms with Gasteiger partial charge in [0.2, 0.25) is 0 Å². The van der Waals surface area contributed by atoms with Crippen molar-refractivity contribution in [3.8, 4) is 11.1 Å². The number of aromatic nitrogens is 2. The molecule has 0 atom stereocenters. The Kier molecular flexibility index (Phi) is 4.87. The first-order chi connectivity index (χ1) is 12.3. The molecule has 3 rings (SSSR count). The molecular weight excluding hydrogens is 365 g/mol. The first-order valence-corrected chi connectivity index (χ1v) is 8.13. The van der Waals surface area contributed by atoms with Gasteiger partial charge in [-0.2, -0.15) is 18.3 Å². The van der Waals surface area contributed by atoms with Crippen LogP contribution in [0.15, 0.2) is 59.4 Å². The number of rotatable bonds is 3. The van der Waals surface area contributed by atoms with Crippen LogP contribution in [0.4, 0.5) is 13.2 Å². The molecular formula is C19H14ClF3N2O. The molecule has 7 heteroatoms. The number of halogens is 4. The van der Waals surface area contributed by atoms with Gasteiger partial charge in [0.25, 0.3) is 5.56 Å². The van der Waals surface area contributed by atoms with Gasteiger partial charge >= 0.3 is 6.18 Å². The molecule has 26 heavy (non-hydrogen) atoms. The fraction of sp³-hybridized carbons (Fsp3) is 0.158. The molecule has 0 N–H and O–H groups in total. The molecule has 0 aliphatic carbocycles. The molecule has 3 nitrogen and oxygen atoms in total. The van der Waals surface area contributed by atoms with Crippen LogP contribution in [0.25, 0.3) is 11.1 Å². The summed E-state index contributed by atoms with van der Waals surface area (Å²) in [6.45, 7) is 1.81. The SMILES string of the molecule is Cc1cc(-c2cccc(C(F)(F)F)c2)c(=O)n(Cc2ccccc2Cl)n1. The summed E-state index contributed by atoms with van der Waals surface area (Å²) in [6, 6.07) is 13.2. The monoisotopic (exact) mass is 378 g/mol. The van der Waals surface area contributed by atoms with E-state index in [9.17, 15) is 18.0 Å². The van der Waals surface area contributed by atoms with Crippen LogP contribution in [-0.4, -0.2) is 9.78 Å². The number of hydrogen-bond acceptors (Lipinski definition) is 2. The summed E-state index contributed by atoms with van der Waals surface area (Å²) in [5.74, 6) is 0. The molecule has 0 unspecified atom stereocenters.